The molecule has 0 aliphatic heterocycles. The van der Waals surface area contributed by atoms with E-state index < -0.39 is 0 Å². The van der Waals surface area contributed by atoms with Gasteiger partial charge in [-0.15, -0.1) is 0 Å². The zero-order chi connectivity index (χ0) is 15.4. The molecule has 0 saturated heterocycles. The molecule has 108 valence electrons. The van der Waals surface area contributed by atoms with Crippen LogP contribution in [0, 0.1) is 17.1 Å². The largest absolute Gasteiger partial charge is 0.287 e. The van der Waals surface area contributed by atoms with Gasteiger partial charge in [0, 0.05) is 12.1 Å². The van der Waals surface area contributed by atoms with E-state index in [-0.39, 0.29) is 16.9 Å². The van der Waals surface area contributed by atoms with Crippen LogP contribution in [0.4, 0.5) is 4.39 Å². The molecular weight excluding hydrogens is 289 g/mol. The van der Waals surface area contributed by atoms with E-state index in [4.69, 9.17) is 0 Å². The van der Waals surface area contributed by atoms with Crippen molar-refractivity contribution in [1.29, 1.82) is 5.26 Å². The molecule has 0 aliphatic carbocycles. The average molecular weight is 303 g/mol. The lowest BCUT2D eigenvalue weighted by Crippen LogP contribution is -2.26. The van der Waals surface area contributed by atoms with Crippen LogP contribution in [0.2, 0.25) is 0 Å². The Hall–Kier alpha value is -2.13. The van der Waals surface area contributed by atoms with Gasteiger partial charge in [-0.2, -0.15) is 5.26 Å². The van der Waals surface area contributed by atoms with Crippen LogP contribution in [0.5, 0.6) is 0 Å². The van der Waals surface area contributed by atoms with Gasteiger partial charge in [-0.25, -0.2) is 9.37 Å². The summed E-state index contributed by atoms with van der Waals surface area (Å²) in [7, 11) is 0. The lowest BCUT2D eigenvalue weighted by molar-refractivity contribution is 0.621. The van der Waals surface area contributed by atoms with Crippen molar-refractivity contribution in [1.82, 2.24) is 9.55 Å². The van der Waals surface area contributed by atoms with Gasteiger partial charge in [0.2, 0.25) is 0 Å². The predicted molar refractivity (Wildman–Crippen MR) is 80.7 cm³/mol. The van der Waals surface area contributed by atoms with E-state index in [1.807, 2.05) is 19.9 Å². The normalized spacial score (nSPS) is 10.4. The maximum absolute atomic E-state index is 13.0. The monoisotopic (exact) mass is 303 g/mol. The first kappa shape index (κ1) is 15.3. The van der Waals surface area contributed by atoms with E-state index in [2.05, 4.69) is 4.98 Å². The van der Waals surface area contributed by atoms with E-state index in [1.165, 1.54) is 40.6 Å². The highest BCUT2D eigenvalue weighted by Crippen LogP contribution is 2.23. The number of nitriles is 1. The van der Waals surface area contributed by atoms with Crippen molar-refractivity contribution in [2.45, 2.75) is 25.5 Å². The summed E-state index contributed by atoms with van der Waals surface area (Å²) in [6, 6.07) is 7.54. The van der Waals surface area contributed by atoms with Crippen LogP contribution >= 0.6 is 11.8 Å². The molecule has 0 spiro atoms. The first-order chi connectivity index (χ1) is 10.1. The molecule has 1 heterocycles. The van der Waals surface area contributed by atoms with Gasteiger partial charge in [0.15, 0.2) is 5.16 Å². The minimum Gasteiger partial charge on any atom is -0.287 e. The first-order valence-electron chi connectivity index (χ1n) is 6.56. The number of nitrogens with zero attached hydrogens (tertiary/aromatic N) is 3. The molecule has 0 fully saturated rings. The summed E-state index contributed by atoms with van der Waals surface area (Å²) in [6.07, 6.45) is 0. The molecule has 0 atom stereocenters. The van der Waals surface area contributed by atoms with Gasteiger partial charge in [0.25, 0.3) is 5.56 Å². The van der Waals surface area contributed by atoms with Crippen LogP contribution in [0.25, 0.3) is 11.3 Å². The third kappa shape index (κ3) is 2.98. The lowest BCUT2D eigenvalue weighted by atomic mass is 10.1. The zero-order valence-electron chi connectivity index (χ0n) is 11.8. The summed E-state index contributed by atoms with van der Waals surface area (Å²) < 4.78 is 14.5. The molecule has 2 rings (SSSR count). The highest BCUT2D eigenvalue weighted by atomic mass is 32.2. The van der Waals surface area contributed by atoms with Crippen molar-refractivity contribution in [2.24, 2.45) is 0 Å². The molecule has 0 aliphatic rings. The smallest absolute Gasteiger partial charge is 0.272 e. The van der Waals surface area contributed by atoms with Crippen molar-refractivity contribution in [2.75, 3.05) is 5.75 Å². The molecule has 0 bridgehead atoms. The number of rotatable bonds is 4. The van der Waals surface area contributed by atoms with Gasteiger partial charge in [-0.05, 0) is 36.9 Å². The molecule has 0 radical (unpaired) electrons. The van der Waals surface area contributed by atoms with Gasteiger partial charge < -0.3 is 0 Å². The number of halogens is 1. The Bertz CT molecular complexity index is 747. The summed E-state index contributed by atoms with van der Waals surface area (Å²) >= 11 is 1.44. The number of thioether (sulfide) groups is 1. The molecule has 21 heavy (non-hydrogen) atoms. The zero-order valence-corrected chi connectivity index (χ0v) is 12.6. The average Bonchev–Trinajstić information content (AvgIpc) is 2.48. The molecule has 2 aromatic rings. The van der Waals surface area contributed by atoms with Gasteiger partial charge >= 0.3 is 0 Å². The second-order valence-corrected chi connectivity index (χ2v) is 5.45. The fraction of sp³-hybridized carbons (Fsp3) is 0.267. The maximum atomic E-state index is 13.0. The summed E-state index contributed by atoms with van der Waals surface area (Å²) in [5.74, 6) is 0.392. The number of aromatic nitrogens is 2. The topological polar surface area (TPSA) is 58.7 Å². The van der Waals surface area contributed by atoms with E-state index >= 15 is 0 Å². The highest BCUT2D eigenvalue weighted by molar-refractivity contribution is 7.99. The Morgan fingerprint density at radius 2 is 2.00 bits per heavy atom. The molecule has 0 unspecified atom stereocenters. The standard InChI is InChI=1S/C15H14FN3OS/c1-3-19-14(20)12(9-17)13(18-15(19)21-4-2)10-5-7-11(16)8-6-10/h5-8H,3-4H2,1-2H3. The van der Waals surface area contributed by atoms with E-state index in [0.717, 1.165) is 5.75 Å². The Balaban J connectivity index is 2.73. The molecule has 4 nitrogen and oxygen atoms in total. The lowest BCUT2D eigenvalue weighted by Gasteiger charge is -2.12. The summed E-state index contributed by atoms with van der Waals surface area (Å²) in [6.45, 7) is 4.25. The van der Waals surface area contributed by atoms with Crippen molar-refractivity contribution < 1.29 is 4.39 Å². The van der Waals surface area contributed by atoms with Crippen LogP contribution in [0.3, 0.4) is 0 Å². The third-order valence-corrected chi connectivity index (χ3v) is 3.81. The summed E-state index contributed by atoms with van der Waals surface area (Å²) in [5, 5.41) is 9.84. The van der Waals surface area contributed by atoms with Crippen LogP contribution in [0.15, 0.2) is 34.2 Å². The van der Waals surface area contributed by atoms with Crippen LogP contribution in [0.1, 0.15) is 19.4 Å². The van der Waals surface area contributed by atoms with Crippen LogP contribution in [-0.2, 0) is 6.54 Å². The highest BCUT2D eigenvalue weighted by Gasteiger charge is 2.17. The summed E-state index contributed by atoms with van der Waals surface area (Å²) in [4.78, 5) is 16.8. The van der Waals surface area contributed by atoms with Crippen LogP contribution < -0.4 is 5.56 Å². The molecule has 0 N–H and O–H groups in total. The molecule has 0 saturated carbocycles. The Labute approximate surface area is 126 Å². The number of hydrogen-bond acceptors (Lipinski definition) is 4. The van der Waals surface area contributed by atoms with Crippen molar-refractivity contribution >= 4 is 11.8 Å². The number of benzene rings is 1. The van der Waals surface area contributed by atoms with Crippen LogP contribution in [-0.4, -0.2) is 15.3 Å². The maximum Gasteiger partial charge on any atom is 0.272 e. The second kappa shape index (κ2) is 6.55. The molecule has 0 amide bonds. The molecule has 6 heteroatoms. The molecule has 1 aromatic heterocycles. The van der Waals surface area contributed by atoms with Gasteiger partial charge in [-0.1, -0.05) is 18.7 Å². The van der Waals surface area contributed by atoms with Crippen molar-refractivity contribution in [3.05, 3.63) is 46.0 Å². The Morgan fingerprint density at radius 3 is 2.52 bits per heavy atom. The van der Waals surface area contributed by atoms with Gasteiger partial charge in [-0.3, -0.25) is 9.36 Å². The van der Waals surface area contributed by atoms with Crippen molar-refractivity contribution in [3.8, 4) is 17.3 Å². The van der Waals surface area contributed by atoms with E-state index in [9.17, 15) is 14.4 Å². The van der Waals surface area contributed by atoms with Crippen molar-refractivity contribution in [3.63, 3.8) is 0 Å². The SMILES string of the molecule is CCSc1nc(-c2ccc(F)cc2)c(C#N)c(=O)n1CC. The minimum absolute atomic E-state index is 0.0103. The third-order valence-electron chi connectivity index (χ3n) is 2.95. The first-order valence-corrected chi connectivity index (χ1v) is 7.54. The van der Waals surface area contributed by atoms with E-state index in [0.29, 0.717) is 23.0 Å². The van der Waals surface area contributed by atoms with E-state index in [1.54, 1.807) is 0 Å². The fourth-order valence-corrected chi connectivity index (χ4v) is 2.75. The Morgan fingerprint density at radius 1 is 1.33 bits per heavy atom. The minimum atomic E-state index is -0.373. The molecule has 1 aromatic carbocycles. The molecular formula is C15H14FN3OS. The quantitative estimate of drug-likeness (QED) is 0.643. The number of hydrogen-bond donors (Lipinski definition) is 0. The predicted octanol–water partition coefficient (Wildman–Crippen LogP) is 3.05. The Kier molecular flexibility index (Phi) is 4.76. The fourth-order valence-electron chi connectivity index (χ4n) is 1.97. The van der Waals surface area contributed by atoms with Gasteiger partial charge in [0.05, 0.1) is 5.69 Å². The summed E-state index contributed by atoms with van der Waals surface area (Å²) in [5.41, 5.74) is 0.503. The van der Waals surface area contributed by atoms with Gasteiger partial charge in [0.1, 0.15) is 17.4 Å². The second-order valence-electron chi connectivity index (χ2n) is 4.22.